The zero-order chi connectivity index (χ0) is 16.9. The van der Waals surface area contributed by atoms with Gasteiger partial charge in [-0.3, -0.25) is 4.79 Å². The Morgan fingerprint density at radius 2 is 2.12 bits per heavy atom. The first kappa shape index (κ1) is 16.2. The molecule has 0 N–H and O–H groups in total. The number of esters is 1. The van der Waals surface area contributed by atoms with Gasteiger partial charge in [0, 0.05) is 0 Å². The summed E-state index contributed by atoms with van der Waals surface area (Å²) in [6, 6.07) is 11.4. The number of ether oxygens (including phenoxy) is 1. The minimum atomic E-state index is -0.579. The Hall–Kier alpha value is -2.67. The Morgan fingerprint density at radius 1 is 1.29 bits per heavy atom. The number of benzene rings is 1. The molecule has 6 nitrogen and oxygen atoms in total. The van der Waals surface area contributed by atoms with E-state index in [1.165, 1.54) is 11.3 Å². The molecule has 2 aromatic heterocycles. The molecule has 0 bridgehead atoms. The molecule has 124 valence electrons. The predicted octanol–water partition coefficient (Wildman–Crippen LogP) is 3.01. The highest BCUT2D eigenvalue weighted by Gasteiger charge is 2.13. The van der Waals surface area contributed by atoms with Gasteiger partial charge < -0.3 is 9.15 Å². The normalized spacial score (nSPS) is 10.7. The van der Waals surface area contributed by atoms with Gasteiger partial charge in [0.25, 0.3) is 5.89 Å². The molecule has 0 radical (unpaired) electrons. The molecule has 0 fully saturated rings. The van der Waals surface area contributed by atoms with Crippen molar-refractivity contribution in [3.05, 3.63) is 63.5 Å². The summed E-state index contributed by atoms with van der Waals surface area (Å²) in [5.41, 5.74) is 2.03. The van der Waals surface area contributed by atoms with E-state index in [0.717, 1.165) is 20.7 Å². The Balaban J connectivity index is 1.55. The van der Waals surface area contributed by atoms with Gasteiger partial charge in [0.1, 0.15) is 6.61 Å². The standard InChI is InChI=1S/C17H16N2O4S/c1-12-5-2-3-6-13(12)11-22-15(20)8-9-19-17(21)23-16(18-19)14-7-4-10-24-14/h2-7,10H,8-9,11H2,1H3. The number of hydrogen-bond acceptors (Lipinski definition) is 6. The second-order valence-corrected chi connectivity index (χ2v) is 6.16. The van der Waals surface area contributed by atoms with Crippen LogP contribution in [0, 0.1) is 6.92 Å². The molecule has 3 rings (SSSR count). The van der Waals surface area contributed by atoms with Crippen LogP contribution < -0.4 is 5.76 Å². The highest BCUT2D eigenvalue weighted by atomic mass is 32.1. The average molecular weight is 344 g/mol. The molecule has 0 aliphatic heterocycles. The summed E-state index contributed by atoms with van der Waals surface area (Å²) in [5.74, 6) is -0.695. The van der Waals surface area contributed by atoms with Gasteiger partial charge in [-0.25, -0.2) is 4.79 Å². The highest BCUT2D eigenvalue weighted by Crippen LogP contribution is 2.21. The number of rotatable bonds is 6. The highest BCUT2D eigenvalue weighted by molar-refractivity contribution is 7.13. The van der Waals surface area contributed by atoms with Crippen molar-refractivity contribution in [1.29, 1.82) is 0 Å². The summed E-state index contributed by atoms with van der Waals surface area (Å²) in [4.78, 5) is 24.4. The summed E-state index contributed by atoms with van der Waals surface area (Å²) in [6.07, 6.45) is 0.0577. The predicted molar refractivity (Wildman–Crippen MR) is 89.7 cm³/mol. The molecule has 24 heavy (non-hydrogen) atoms. The van der Waals surface area contributed by atoms with E-state index in [1.54, 1.807) is 0 Å². The quantitative estimate of drug-likeness (QED) is 0.643. The number of aryl methyl sites for hydroxylation is 2. The molecule has 0 saturated carbocycles. The van der Waals surface area contributed by atoms with E-state index in [0.29, 0.717) is 0 Å². The lowest BCUT2D eigenvalue weighted by molar-refractivity contribution is -0.145. The second kappa shape index (κ2) is 7.27. The Bertz CT molecular complexity index is 880. The van der Waals surface area contributed by atoms with Crippen molar-refractivity contribution >= 4 is 17.3 Å². The summed E-state index contributed by atoms with van der Waals surface area (Å²) in [6.45, 7) is 2.31. The number of thiophene rings is 1. The topological polar surface area (TPSA) is 74.3 Å². The summed E-state index contributed by atoms with van der Waals surface area (Å²) in [5, 5.41) is 5.97. The van der Waals surface area contributed by atoms with Gasteiger partial charge >= 0.3 is 11.7 Å². The third kappa shape index (κ3) is 3.80. The first-order chi connectivity index (χ1) is 11.6. The number of carbonyl (C=O) groups excluding carboxylic acids is 1. The zero-order valence-electron chi connectivity index (χ0n) is 13.1. The third-order valence-corrected chi connectivity index (χ3v) is 4.37. The van der Waals surface area contributed by atoms with Crippen molar-refractivity contribution < 1.29 is 13.9 Å². The van der Waals surface area contributed by atoms with Crippen molar-refractivity contribution in [3.8, 4) is 10.8 Å². The SMILES string of the molecule is Cc1ccccc1COC(=O)CCn1nc(-c2cccs2)oc1=O. The smallest absolute Gasteiger partial charge is 0.437 e. The van der Waals surface area contributed by atoms with Gasteiger partial charge in [-0.05, 0) is 29.5 Å². The third-order valence-electron chi connectivity index (χ3n) is 3.52. The summed E-state index contributed by atoms with van der Waals surface area (Å²) >= 11 is 1.43. The molecule has 3 aromatic rings. The van der Waals surface area contributed by atoms with Crippen LogP contribution in [-0.2, 0) is 22.7 Å². The second-order valence-electron chi connectivity index (χ2n) is 5.21. The number of nitrogens with zero attached hydrogens (tertiary/aromatic N) is 2. The first-order valence-electron chi connectivity index (χ1n) is 7.45. The fourth-order valence-corrected chi connectivity index (χ4v) is 2.79. The molecule has 2 heterocycles. The number of hydrogen-bond donors (Lipinski definition) is 0. The van der Waals surface area contributed by atoms with Crippen LogP contribution in [0.2, 0.25) is 0 Å². The van der Waals surface area contributed by atoms with Crippen LogP contribution in [-0.4, -0.2) is 15.7 Å². The average Bonchev–Trinajstić information content (AvgIpc) is 3.22. The lowest BCUT2D eigenvalue weighted by Gasteiger charge is -2.07. The van der Waals surface area contributed by atoms with Crippen molar-refractivity contribution in [2.75, 3.05) is 0 Å². The van der Waals surface area contributed by atoms with Crippen LogP contribution >= 0.6 is 11.3 Å². The Morgan fingerprint density at radius 3 is 2.88 bits per heavy atom. The van der Waals surface area contributed by atoms with E-state index >= 15 is 0 Å². The fourth-order valence-electron chi connectivity index (χ4n) is 2.15. The van der Waals surface area contributed by atoms with Crippen LogP contribution in [0.25, 0.3) is 10.8 Å². The molecule has 0 unspecified atom stereocenters. The van der Waals surface area contributed by atoms with Crippen molar-refractivity contribution in [3.63, 3.8) is 0 Å². The minimum Gasteiger partial charge on any atom is -0.461 e. The largest absolute Gasteiger partial charge is 0.461 e. The molecule has 0 spiro atoms. The number of carbonyl (C=O) groups is 1. The monoisotopic (exact) mass is 344 g/mol. The van der Waals surface area contributed by atoms with E-state index < -0.39 is 5.76 Å². The lowest BCUT2D eigenvalue weighted by Crippen LogP contribution is -2.19. The van der Waals surface area contributed by atoms with Gasteiger partial charge in [-0.15, -0.1) is 16.4 Å². The van der Waals surface area contributed by atoms with E-state index in [9.17, 15) is 9.59 Å². The van der Waals surface area contributed by atoms with Crippen LogP contribution in [0.1, 0.15) is 17.5 Å². The van der Waals surface area contributed by atoms with Crippen molar-refractivity contribution in [2.45, 2.75) is 26.5 Å². The van der Waals surface area contributed by atoms with Gasteiger partial charge in [0.15, 0.2) is 0 Å². The molecule has 0 aliphatic rings. The van der Waals surface area contributed by atoms with Crippen LogP contribution in [0.3, 0.4) is 0 Å². The molecular formula is C17H16N2O4S. The maximum atomic E-state index is 11.9. The van der Waals surface area contributed by atoms with Gasteiger partial charge in [-0.1, -0.05) is 30.3 Å². The molecule has 7 heteroatoms. The van der Waals surface area contributed by atoms with Gasteiger partial charge in [-0.2, -0.15) is 4.68 Å². The molecular weight excluding hydrogens is 328 g/mol. The van der Waals surface area contributed by atoms with Gasteiger partial charge in [0.2, 0.25) is 0 Å². The molecule has 0 amide bonds. The Labute approximate surface area is 142 Å². The summed E-state index contributed by atoms with van der Waals surface area (Å²) in [7, 11) is 0. The molecule has 0 aliphatic carbocycles. The van der Waals surface area contributed by atoms with Crippen molar-refractivity contribution in [1.82, 2.24) is 9.78 Å². The minimum absolute atomic E-state index is 0.0577. The van der Waals surface area contributed by atoms with E-state index in [2.05, 4.69) is 5.10 Å². The van der Waals surface area contributed by atoms with Crippen LogP contribution in [0.4, 0.5) is 0 Å². The first-order valence-corrected chi connectivity index (χ1v) is 8.33. The summed E-state index contributed by atoms with van der Waals surface area (Å²) < 4.78 is 11.5. The maximum Gasteiger partial charge on any atom is 0.437 e. The van der Waals surface area contributed by atoms with Gasteiger partial charge in [0.05, 0.1) is 17.8 Å². The number of aromatic nitrogens is 2. The van der Waals surface area contributed by atoms with Crippen LogP contribution in [0.5, 0.6) is 0 Å². The maximum absolute atomic E-state index is 11.9. The molecule has 0 saturated heterocycles. The molecule has 0 atom stereocenters. The fraction of sp³-hybridized carbons (Fsp3) is 0.235. The van der Waals surface area contributed by atoms with E-state index in [4.69, 9.17) is 9.15 Å². The zero-order valence-corrected chi connectivity index (χ0v) is 13.9. The lowest BCUT2D eigenvalue weighted by atomic mass is 10.1. The molecule has 1 aromatic carbocycles. The Kier molecular flexibility index (Phi) is 4.90. The van der Waals surface area contributed by atoms with Crippen LogP contribution in [0.15, 0.2) is 51.0 Å². The van der Waals surface area contributed by atoms with Crippen molar-refractivity contribution in [2.24, 2.45) is 0 Å². The van der Waals surface area contributed by atoms with E-state index in [-0.39, 0.29) is 31.4 Å². The van der Waals surface area contributed by atoms with E-state index in [1.807, 2.05) is 48.7 Å².